The first-order chi connectivity index (χ1) is 8.88. The topological polar surface area (TPSA) is 41.9 Å². The Morgan fingerprint density at radius 1 is 1.21 bits per heavy atom. The van der Waals surface area contributed by atoms with Crippen LogP contribution in [0.15, 0.2) is 12.1 Å². The summed E-state index contributed by atoms with van der Waals surface area (Å²) >= 11 is 0. The van der Waals surface area contributed by atoms with Gasteiger partial charge in [-0.05, 0) is 50.6 Å². The van der Waals surface area contributed by atoms with E-state index in [-0.39, 0.29) is 6.04 Å². The van der Waals surface area contributed by atoms with Crippen molar-refractivity contribution in [3.63, 3.8) is 0 Å². The van der Waals surface area contributed by atoms with Gasteiger partial charge in [-0.25, -0.2) is 0 Å². The van der Waals surface area contributed by atoms with Crippen molar-refractivity contribution in [1.29, 1.82) is 0 Å². The molecule has 0 bridgehead atoms. The Bertz CT molecular complexity index is 465. The molecule has 0 saturated heterocycles. The summed E-state index contributed by atoms with van der Waals surface area (Å²) in [5.41, 5.74) is 1.55. The van der Waals surface area contributed by atoms with Crippen molar-refractivity contribution in [2.45, 2.75) is 31.9 Å². The first kappa shape index (κ1) is 14.2. The number of methoxy groups -OCH3 is 2. The second-order valence-electron chi connectivity index (χ2n) is 5.69. The zero-order chi connectivity index (χ0) is 14.2. The smallest absolute Gasteiger partial charge is 0.161 e. The second-order valence-corrected chi connectivity index (χ2v) is 5.69. The van der Waals surface area contributed by atoms with Crippen LogP contribution in [0, 0.1) is 0 Å². The number of fused-ring (bicyclic) bond motifs is 1. The molecule has 4 nitrogen and oxygen atoms in total. The van der Waals surface area contributed by atoms with Crippen LogP contribution in [-0.4, -0.2) is 43.4 Å². The summed E-state index contributed by atoms with van der Waals surface area (Å²) in [6, 6.07) is 3.99. The van der Waals surface area contributed by atoms with Crippen LogP contribution in [0.3, 0.4) is 0 Å². The molecular weight excluding hydrogens is 242 g/mol. The van der Waals surface area contributed by atoms with E-state index in [4.69, 9.17) is 9.47 Å². The van der Waals surface area contributed by atoms with E-state index in [2.05, 4.69) is 4.90 Å². The standard InChI is InChI=1S/C15H23NO3/c1-15(2,17)14-11-9-13(19-5)12(18-4)8-10(11)6-7-16(14)3/h8-9,14,17H,6-7H2,1-5H3. The normalized spacial score (nSPS) is 20.0. The number of benzene rings is 1. The molecule has 1 N–H and O–H groups in total. The lowest BCUT2D eigenvalue weighted by molar-refractivity contribution is -0.0163. The fraction of sp³-hybridized carbons (Fsp3) is 0.600. The maximum atomic E-state index is 10.4. The number of likely N-dealkylation sites (N-methyl/N-ethyl adjacent to an activating group) is 1. The zero-order valence-electron chi connectivity index (χ0n) is 12.4. The molecule has 0 saturated carbocycles. The van der Waals surface area contributed by atoms with Gasteiger partial charge in [0.2, 0.25) is 0 Å². The summed E-state index contributed by atoms with van der Waals surface area (Å²) < 4.78 is 10.7. The molecule has 1 unspecified atom stereocenters. The molecule has 4 heteroatoms. The van der Waals surface area contributed by atoms with Gasteiger partial charge in [0.1, 0.15) is 0 Å². The highest BCUT2D eigenvalue weighted by atomic mass is 16.5. The van der Waals surface area contributed by atoms with Crippen LogP contribution in [0.4, 0.5) is 0 Å². The Hall–Kier alpha value is -1.26. The highest BCUT2D eigenvalue weighted by molar-refractivity contribution is 5.50. The van der Waals surface area contributed by atoms with Crippen molar-refractivity contribution >= 4 is 0 Å². The van der Waals surface area contributed by atoms with Gasteiger partial charge >= 0.3 is 0 Å². The van der Waals surface area contributed by atoms with Crippen LogP contribution < -0.4 is 9.47 Å². The van der Waals surface area contributed by atoms with Crippen LogP contribution in [-0.2, 0) is 6.42 Å². The molecule has 1 aromatic carbocycles. The fourth-order valence-corrected chi connectivity index (χ4v) is 2.99. The van der Waals surface area contributed by atoms with Crippen LogP contribution in [0.5, 0.6) is 11.5 Å². The maximum absolute atomic E-state index is 10.4. The van der Waals surface area contributed by atoms with Crippen LogP contribution in [0.2, 0.25) is 0 Å². The fourth-order valence-electron chi connectivity index (χ4n) is 2.99. The van der Waals surface area contributed by atoms with E-state index < -0.39 is 5.60 Å². The van der Waals surface area contributed by atoms with E-state index >= 15 is 0 Å². The first-order valence-electron chi connectivity index (χ1n) is 6.56. The first-order valence-corrected chi connectivity index (χ1v) is 6.56. The Kier molecular flexibility index (Phi) is 3.74. The van der Waals surface area contributed by atoms with Gasteiger partial charge in [-0.3, -0.25) is 4.90 Å². The molecule has 1 aliphatic rings. The predicted octanol–water partition coefficient (Wildman–Crippen LogP) is 2.00. The number of hydrogen-bond acceptors (Lipinski definition) is 4. The molecular formula is C15H23NO3. The van der Waals surface area contributed by atoms with E-state index in [0.29, 0.717) is 5.75 Å². The number of rotatable bonds is 3. The van der Waals surface area contributed by atoms with Crippen molar-refractivity contribution in [2.75, 3.05) is 27.8 Å². The highest BCUT2D eigenvalue weighted by Gasteiger charge is 2.36. The predicted molar refractivity (Wildman–Crippen MR) is 74.9 cm³/mol. The zero-order valence-corrected chi connectivity index (χ0v) is 12.4. The van der Waals surface area contributed by atoms with Gasteiger partial charge in [-0.2, -0.15) is 0 Å². The molecule has 0 fully saturated rings. The lowest BCUT2D eigenvalue weighted by Crippen LogP contribution is -2.44. The third-order valence-corrected chi connectivity index (χ3v) is 3.78. The minimum Gasteiger partial charge on any atom is -0.493 e. The minimum atomic E-state index is -0.802. The summed E-state index contributed by atoms with van der Waals surface area (Å²) in [4.78, 5) is 2.19. The van der Waals surface area contributed by atoms with E-state index in [0.717, 1.165) is 24.3 Å². The SMILES string of the molecule is COc1cc2c(cc1OC)C(C(C)(C)O)N(C)CC2. The Labute approximate surface area is 114 Å². The highest BCUT2D eigenvalue weighted by Crippen LogP contribution is 2.41. The Balaban J connectivity index is 2.55. The Morgan fingerprint density at radius 3 is 2.32 bits per heavy atom. The third kappa shape index (κ3) is 2.55. The monoisotopic (exact) mass is 265 g/mol. The average Bonchev–Trinajstić information content (AvgIpc) is 2.35. The van der Waals surface area contributed by atoms with Gasteiger partial charge < -0.3 is 14.6 Å². The van der Waals surface area contributed by atoms with Crippen LogP contribution >= 0.6 is 0 Å². The molecule has 0 spiro atoms. The number of hydrogen-bond donors (Lipinski definition) is 1. The summed E-state index contributed by atoms with van der Waals surface area (Å²) in [5.74, 6) is 1.46. The van der Waals surface area contributed by atoms with Gasteiger partial charge in [0, 0.05) is 6.54 Å². The molecule has 19 heavy (non-hydrogen) atoms. The van der Waals surface area contributed by atoms with E-state index in [1.54, 1.807) is 14.2 Å². The van der Waals surface area contributed by atoms with Gasteiger partial charge in [-0.15, -0.1) is 0 Å². The van der Waals surface area contributed by atoms with Gasteiger partial charge in [-0.1, -0.05) is 0 Å². The quantitative estimate of drug-likeness (QED) is 0.907. The summed E-state index contributed by atoms with van der Waals surface area (Å²) in [6.07, 6.45) is 0.957. The number of nitrogens with zero attached hydrogens (tertiary/aromatic N) is 1. The van der Waals surface area contributed by atoms with Crippen molar-refractivity contribution in [1.82, 2.24) is 4.90 Å². The molecule has 2 rings (SSSR count). The molecule has 1 heterocycles. The van der Waals surface area contributed by atoms with Gasteiger partial charge in [0.25, 0.3) is 0 Å². The van der Waals surface area contributed by atoms with Crippen LogP contribution in [0.1, 0.15) is 31.0 Å². The molecule has 0 aliphatic carbocycles. The Morgan fingerprint density at radius 2 is 1.79 bits per heavy atom. The van der Waals surface area contributed by atoms with Crippen LogP contribution in [0.25, 0.3) is 0 Å². The van der Waals surface area contributed by atoms with Crippen molar-refractivity contribution in [3.8, 4) is 11.5 Å². The molecule has 0 amide bonds. The lowest BCUT2D eigenvalue weighted by atomic mass is 9.83. The van der Waals surface area contributed by atoms with E-state index in [9.17, 15) is 5.11 Å². The second kappa shape index (κ2) is 5.02. The number of ether oxygens (including phenoxy) is 2. The molecule has 106 valence electrons. The average molecular weight is 265 g/mol. The molecule has 1 aliphatic heterocycles. The molecule has 0 radical (unpaired) electrons. The van der Waals surface area contributed by atoms with Gasteiger partial charge in [0.15, 0.2) is 11.5 Å². The summed E-state index contributed by atoms with van der Waals surface area (Å²) in [7, 11) is 5.32. The summed E-state index contributed by atoms with van der Waals surface area (Å²) in [5, 5.41) is 10.4. The van der Waals surface area contributed by atoms with Crippen molar-refractivity contribution in [2.24, 2.45) is 0 Å². The van der Waals surface area contributed by atoms with Crippen molar-refractivity contribution < 1.29 is 14.6 Å². The largest absolute Gasteiger partial charge is 0.493 e. The van der Waals surface area contributed by atoms with E-state index in [1.165, 1.54) is 5.56 Å². The molecule has 1 aromatic rings. The minimum absolute atomic E-state index is 0.0314. The molecule has 0 aromatic heterocycles. The van der Waals surface area contributed by atoms with E-state index in [1.807, 2.05) is 33.0 Å². The van der Waals surface area contributed by atoms with Gasteiger partial charge in [0.05, 0.1) is 25.9 Å². The molecule has 1 atom stereocenters. The maximum Gasteiger partial charge on any atom is 0.161 e. The third-order valence-electron chi connectivity index (χ3n) is 3.78. The van der Waals surface area contributed by atoms with Crippen molar-refractivity contribution in [3.05, 3.63) is 23.3 Å². The number of aliphatic hydroxyl groups is 1. The summed E-state index contributed by atoms with van der Waals surface area (Å²) in [6.45, 7) is 4.62. The lowest BCUT2D eigenvalue weighted by Gasteiger charge is -2.41.